The van der Waals surface area contributed by atoms with Gasteiger partial charge in [0, 0.05) is 0 Å². The molecular formula is C16H25BO2. The van der Waals surface area contributed by atoms with Crippen molar-refractivity contribution in [3.05, 3.63) is 29.8 Å². The Morgan fingerprint density at radius 1 is 1.16 bits per heavy atom. The Morgan fingerprint density at radius 3 is 2.53 bits per heavy atom. The molecule has 0 spiro atoms. The standard InChI is InChI=1S/C16H25BO2/c1-2-3-5-13-8-10-14(11-9-13)15-6-4-7-16(12-15)17(18)19/h4,6-7,12-14,18-19H,2-3,5,8-11H2,1H3. The van der Waals surface area contributed by atoms with E-state index in [2.05, 4.69) is 13.0 Å². The summed E-state index contributed by atoms with van der Waals surface area (Å²) in [5.41, 5.74) is 1.89. The first kappa shape index (κ1) is 14.6. The molecule has 0 atom stereocenters. The molecule has 0 aliphatic heterocycles. The van der Waals surface area contributed by atoms with E-state index in [4.69, 9.17) is 0 Å². The Balaban J connectivity index is 1.92. The van der Waals surface area contributed by atoms with Crippen LogP contribution in [-0.2, 0) is 0 Å². The van der Waals surface area contributed by atoms with Crippen molar-refractivity contribution >= 4 is 12.6 Å². The molecule has 2 nitrogen and oxygen atoms in total. The van der Waals surface area contributed by atoms with E-state index in [1.165, 1.54) is 50.5 Å². The fraction of sp³-hybridized carbons (Fsp3) is 0.625. The zero-order chi connectivity index (χ0) is 13.7. The van der Waals surface area contributed by atoms with E-state index < -0.39 is 7.12 Å². The monoisotopic (exact) mass is 260 g/mol. The van der Waals surface area contributed by atoms with Crippen LogP contribution in [0.3, 0.4) is 0 Å². The first-order valence-corrected chi connectivity index (χ1v) is 7.66. The Hall–Kier alpha value is -0.795. The summed E-state index contributed by atoms with van der Waals surface area (Å²) < 4.78 is 0. The van der Waals surface area contributed by atoms with Gasteiger partial charge in [0.1, 0.15) is 0 Å². The van der Waals surface area contributed by atoms with Gasteiger partial charge in [-0.3, -0.25) is 0 Å². The van der Waals surface area contributed by atoms with Crippen LogP contribution >= 0.6 is 0 Å². The molecule has 3 heteroatoms. The molecule has 0 bridgehead atoms. The predicted molar refractivity (Wildman–Crippen MR) is 80.5 cm³/mol. The van der Waals surface area contributed by atoms with Gasteiger partial charge >= 0.3 is 7.12 Å². The maximum absolute atomic E-state index is 9.24. The first-order chi connectivity index (χ1) is 9.20. The Kier molecular flexibility index (Phi) is 5.47. The highest BCUT2D eigenvalue weighted by Crippen LogP contribution is 2.37. The van der Waals surface area contributed by atoms with Gasteiger partial charge in [-0.1, -0.05) is 50.5 Å². The molecule has 0 saturated heterocycles. The summed E-state index contributed by atoms with van der Waals surface area (Å²) in [5.74, 6) is 1.53. The van der Waals surface area contributed by atoms with Gasteiger partial charge in [-0.2, -0.15) is 0 Å². The molecule has 19 heavy (non-hydrogen) atoms. The van der Waals surface area contributed by atoms with Crippen LogP contribution in [0.4, 0.5) is 0 Å². The summed E-state index contributed by atoms with van der Waals surface area (Å²) in [7, 11) is -1.35. The van der Waals surface area contributed by atoms with Crippen molar-refractivity contribution < 1.29 is 10.0 Å². The highest BCUT2D eigenvalue weighted by atomic mass is 16.4. The summed E-state index contributed by atoms with van der Waals surface area (Å²) in [5, 5.41) is 18.5. The molecule has 1 saturated carbocycles. The number of hydrogen-bond acceptors (Lipinski definition) is 2. The second-order valence-electron chi connectivity index (χ2n) is 5.90. The third kappa shape index (κ3) is 4.08. The summed E-state index contributed by atoms with van der Waals surface area (Å²) in [6, 6.07) is 7.80. The molecular weight excluding hydrogens is 235 g/mol. The SMILES string of the molecule is CCCCC1CCC(c2cccc(B(O)O)c2)CC1. The van der Waals surface area contributed by atoms with Crippen LogP contribution in [0, 0.1) is 5.92 Å². The predicted octanol–water partition coefficient (Wildman–Crippen LogP) is 2.83. The molecule has 2 rings (SSSR count). The average molecular weight is 260 g/mol. The topological polar surface area (TPSA) is 40.5 Å². The van der Waals surface area contributed by atoms with Gasteiger partial charge in [0.25, 0.3) is 0 Å². The summed E-state index contributed by atoms with van der Waals surface area (Å²) >= 11 is 0. The lowest BCUT2D eigenvalue weighted by Crippen LogP contribution is -2.30. The molecule has 1 aromatic rings. The van der Waals surface area contributed by atoms with Gasteiger partial charge in [0.15, 0.2) is 0 Å². The van der Waals surface area contributed by atoms with Gasteiger partial charge in [0.2, 0.25) is 0 Å². The summed E-state index contributed by atoms with van der Waals surface area (Å²) in [4.78, 5) is 0. The second-order valence-corrected chi connectivity index (χ2v) is 5.90. The highest BCUT2D eigenvalue weighted by Gasteiger charge is 2.22. The number of rotatable bonds is 5. The van der Waals surface area contributed by atoms with Crippen LogP contribution in [0.1, 0.15) is 63.4 Å². The molecule has 1 aliphatic carbocycles. The van der Waals surface area contributed by atoms with E-state index >= 15 is 0 Å². The molecule has 0 radical (unpaired) electrons. The van der Waals surface area contributed by atoms with E-state index in [1.807, 2.05) is 12.1 Å². The van der Waals surface area contributed by atoms with Gasteiger partial charge in [-0.25, -0.2) is 0 Å². The Bertz CT molecular complexity index is 384. The van der Waals surface area contributed by atoms with Crippen LogP contribution < -0.4 is 5.46 Å². The van der Waals surface area contributed by atoms with Crippen LogP contribution in [-0.4, -0.2) is 17.2 Å². The van der Waals surface area contributed by atoms with Gasteiger partial charge < -0.3 is 10.0 Å². The van der Waals surface area contributed by atoms with Crippen molar-refractivity contribution in [2.75, 3.05) is 0 Å². The van der Waals surface area contributed by atoms with Crippen molar-refractivity contribution in [1.29, 1.82) is 0 Å². The zero-order valence-electron chi connectivity index (χ0n) is 11.9. The molecule has 0 aromatic heterocycles. The molecule has 0 unspecified atom stereocenters. The molecule has 0 heterocycles. The lowest BCUT2D eigenvalue weighted by atomic mass is 9.74. The van der Waals surface area contributed by atoms with Crippen LogP contribution in [0.2, 0.25) is 0 Å². The Morgan fingerprint density at radius 2 is 1.89 bits per heavy atom. The summed E-state index contributed by atoms with van der Waals surface area (Å²) in [6.45, 7) is 2.26. The maximum atomic E-state index is 9.24. The van der Waals surface area contributed by atoms with Crippen molar-refractivity contribution in [3.63, 3.8) is 0 Å². The quantitative estimate of drug-likeness (QED) is 0.799. The van der Waals surface area contributed by atoms with E-state index in [9.17, 15) is 10.0 Å². The number of unbranched alkanes of at least 4 members (excludes halogenated alkanes) is 1. The van der Waals surface area contributed by atoms with E-state index in [0.717, 1.165) is 5.92 Å². The number of benzene rings is 1. The lowest BCUT2D eigenvalue weighted by Gasteiger charge is -2.29. The Labute approximate surface area is 117 Å². The van der Waals surface area contributed by atoms with Crippen LogP contribution in [0.25, 0.3) is 0 Å². The molecule has 1 aliphatic rings. The van der Waals surface area contributed by atoms with E-state index in [-0.39, 0.29) is 0 Å². The van der Waals surface area contributed by atoms with Gasteiger partial charge in [-0.15, -0.1) is 0 Å². The van der Waals surface area contributed by atoms with Crippen molar-refractivity contribution in [2.24, 2.45) is 5.92 Å². The molecule has 2 N–H and O–H groups in total. The lowest BCUT2D eigenvalue weighted by molar-refractivity contribution is 0.304. The number of hydrogen-bond donors (Lipinski definition) is 2. The van der Waals surface area contributed by atoms with Gasteiger partial charge in [-0.05, 0) is 48.5 Å². The zero-order valence-corrected chi connectivity index (χ0v) is 11.9. The van der Waals surface area contributed by atoms with Crippen molar-refractivity contribution in [2.45, 2.75) is 57.8 Å². The average Bonchev–Trinajstić information content (AvgIpc) is 2.46. The molecule has 104 valence electrons. The fourth-order valence-corrected chi connectivity index (χ4v) is 3.25. The second kappa shape index (κ2) is 7.11. The minimum atomic E-state index is -1.35. The van der Waals surface area contributed by atoms with Crippen molar-refractivity contribution in [1.82, 2.24) is 0 Å². The smallest absolute Gasteiger partial charge is 0.423 e. The first-order valence-electron chi connectivity index (χ1n) is 7.66. The molecule has 1 aromatic carbocycles. The van der Waals surface area contributed by atoms with Crippen LogP contribution in [0.15, 0.2) is 24.3 Å². The normalized spacial score (nSPS) is 23.3. The fourth-order valence-electron chi connectivity index (χ4n) is 3.25. The largest absolute Gasteiger partial charge is 0.488 e. The third-order valence-corrected chi connectivity index (χ3v) is 4.49. The minimum Gasteiger partial charge on any atom is -0.423 e. The molecule has 1 fully saturated rings. The van der Waals surface area contributed by atoms with E-state index in [0.29, 0.717) is 11.4 Å². The summed E-state index contributed by atoms with van der Waals surface area (Å²) in [6.07, 6.45) is 9.21. The maximum Gasteiger partial charge on any atom is 0.488 e. The van der Waals surface area contributed by atoms with Crippen LogP contribution in [0.5, 0.6) is 0 Å². The van der Waals surface area contributed by atoms with Gasteiger partial charge in [0.05, 0.1) is 0 Å². The highest BCUT2D eigenvalue weighted by molar-refractivity contribution is 6.58. The minimum absolute atomic E-state index is 0.608. The van der Waals surface area contributed by atoms with Crippen molar-refractivity contribution in [3.8, 4) is 0 Å². The molecule has 0 amide bonds. The van der Waals surface area contributed by atoms with E-state index in [1.54, 1.807) is 6.07 Å². The third-order valence-electron chi connectivity index (χ3n) is 4.49.